The average molecular weight is 391 g/mol. The molecule has 150 valence electrons. The fourth-order valence-electron chi connectivity index (χ4n) is 3.28. The van der Waals surface area contributed by atoms with Crippen molar-refractivity contribution in [1.82, 2.24) is 9.78 Å². The van der Waals surface area contributed by atoms with Crippen molar-refractivity contribution in [3.63, 3.8) is 0 Å². The van der Waals surface area contributed by atoms with E-state index in [1.807, 2.05) is 0 Å². The summed E-state index contributed by atoms with van der Waals surface area (Å²) in [5, 5.41) is 7.30. The second-order valence-electron chi connectivity index (χ2n) is 8.10. The van der Waals surface area contributed by atoms with Gasteiger partial charge in [-0.2, -0.15) is 5.10 Å². The summed E-state index contributed by atoms with van der Waals surface area (Å²) in [6.07, 6.45) is 1.68. The van der Waals surface area contributed by atoms with E-state index in [1.165, 1.54) is 5.56 Å². The molecule has 0 unspecified atom stereocenters. The van der Waals surface area contributed by atoms with Crippen LogP contribution in [-0.2, 0) is 12.0 Å². The summed E-state index contributed by atoms with van der Waals surface area (Å²) in [4.78, 5) is 12.9. The van der Waals surface area contributed by atoms with Crippen LogP contribution in [0.5, 0.6) is 11.5 Å². The van der Waals surface area contributed by atoms with Gasteiger partial charge in [-0.25, -0.2) is 4.68 Å². The summed E-state index contributed by atoms with van der Waals surface area (Å²) < 4.78 is 13.0. The number of rotatable bonds is 4. The Morgan fingerprint density at radius 3 is 2.59 bits per heavy atom. The maximum Gasteiger partial charge on any atom is 0.260 e. The fourth-order valence-corrected chi connectivity index (χ4v) is 3.28. The number of fused-ring (bicyclic) bond motifs is 1. The molecule has 2 aromatic carbocycles. The molecule has 1 aromatic heterocycles. The molecule has 1 N–H and O–H groups in total. The van der Waals surface area contributed by atoms with Crippen molar-refractivity contribution in [2.75, 3.05) is 18.5 Å². The first-order valence-electron chi connectivity index (χ1n) is 9.73. The third-order valence-electron chi connectivity index (χ3n) is 4.92. The number of amides is 1. The number of ether oxygens (including phenoxy) is 2. The number of carbonyl (C=O) groups is 1. The summed E-state index contributed by atoms with van der Waals surface area (Å²) in [6, 6.07) is 15.6. The first-order chi connectivity index (χ1) is 13.9. The van der Waals surface area contributed by atoms with Crippen LogP contribution in [0.4, 0.5) is 5.82 Å². The van der Waals surface area contributed by atoms with Gasteiger partial charge >= 0.3 is 0 Å². The molecule has 6 heteroatoms. The zero-order valence-corrected chi connectivity index (χ0v) is 16.9. The number of hydrogen-bond acceptors (Lipinski definition) is 4. The second kappa shape index (κ2) is 7.62. The molecule has 2 heterocycles. The highest BCUT2D eigenvalue weighted by Crippen LogP contribution is 2.34. The van der Waals surface area contributed by atoms with E-state index in [4.69, 9.17) is 9.47 Å². The highest BCUT2D eigenvalue weighted by molar-refractivity contribution is 6.06. The van der Waals surface area contributed by atoms with Crippen LogP contribution in [0, 0.1) is 0 Å². The number of hydrogen-bond donors (Lipinski definition) is 1. The lowest BCUT2D eigenvalue weighted by Crippen LogP contribution is -2.21. The lowest BCUT2D eigenvalue weighted by atomic mass is 9.87. The molecule has 0 radical (unpaired) electrons. The van der Waals surface area contributed by atoms with E-state index in [-0.39, 0.29) is 11.3 Å². The van der Waals surface area contributed by atoms with Crippen molar-refractivity contribution in [1.29, 1.82) is 0 Å². The van der Waals surface area contributed by atoms with E-state index in [0.29, 0.717) is 42.6 Å². The lowest BCUT2D eigenvalue weighted by Gasteiger charge is -2.20. The second-order valence-corrected chi connectivity index (χ2v) is 8.10. The Morgan fingerprint density at radius 1 is 1.07 bits per heavy atom. The minimum absolute atomic E-state index is 0.115. The standard InChI is InChI=1S/C23H25N3O3/c1-23(2,3)17-9-7-16(8-10-17)15-26-20(11-12-24-26)25-22(27)18-5-4-6-19-21(18)29-14-13-28-19/h4-12H,13-15H2,1-3H3,(H,25,27). The molecule has 1 aliphatic rings. The maximum absolute atomic E-state index is 12.9. The van der Waals surface area contributed by atoms with Crippen LogP contribution in [0.1, 0.15) is 42.3 Å². The molecular weight excluding hydrogens is 366 g/mol. The molecule has 3 aromatic rings. The van der Waals surface area contributed by atoms with Crippen molar-refractivity contribution in [2.45, 2.75) is 32.7 Å². The Balaban J connectivity index is 1.51. The SMILES string of the molecule is CC(C)(C)c1ccc(Cn2nccc2NC(=O)c2cccc3c2OCCO3)cc1. The molecular formula is C23H25N3O3. The molecule has 0 fully saturated rings. The highest BCUT2D eigenvalue weighted by Gasteiger charge is 2.21. The van der Waals surface area contributed by atoms with Gasteiger partial charge in [0.15, 0.2) is 11.5 Å². The van der Waals surface area contributed by atoms with Crippen LogP contribution < -0.4 is 14.8 Å². The number of anilines is 1. The zero-order valence-electron chi connectivity index (χ0n) is 16.9. The number of para-hydroxylation sites is 1. The first kappa shape index (κ1) is 19.1. The van der Waals surface area contributed by atoms with Gasteiger partial charge < -0.3 is 14.8 Å². The highest BCUT2D eigenvalue weighted by atomic mass is 16.6. The Kier molecular flexibility index (Phi) is 5.01. The van der Waals surface area contributed by atoms with Crippen molar-refractivity contribution in [2.24, 2.45) is 0 Å². The zero-order chi connectivity index (χ0) is 20.4. The summed E-state index contributed by atoms with van der Waals surface area (Å²) in [7, 11) is 0. The van der Waals surface area contributed by atoms with Crippen molar-refractivity contribution in [3.05, 3.63) is 71.4 Å². The van der Waals surface area contributed by atoms with Crippen LogP contribution in [-0.4, -0.2) is 28.9 Å². The van der Waals surface area contributed by atoms with Crippen LogP contribution >= 0.6 is 0 Å². The van der Waals surface area contributed by atoms with E-state index in [2.05, 4.69) is 55.5 Å². The minimum Gasteiger partial charge on any atom is -0.486 e. The van der Waals surface area contributed by atoms with Gasteiger partial charge in [-0.15, -0.1) is 0 Å². The normalized spacial score (nSPS) is 13.2. The Hall–Kier alpha value is -3.28. The van der Waals surface area contributed by atoms with E-state index >= 15 is 0 Å². The van der Waals surface area contributed by atoms with Gasteiger partial charge in [0.05, 0.1) is 18.3 Å². The van der Waals surface area contributed by atoms with Crippen LogP contribution in [0.25, 0.3) is 0 Å². The minimum atomic E-state index is -0.253. The van der Waals surface area contributed by atoms with Crippen LogP contribution in [0.3, 0.4) is 0 Å². The van der Waals surface area contributed by atoms with Crippen molar-refractivity contribution in [3.8, 4) is 11.5 Å². The number of carbonyl (C=O) groups excluding carboxylic acids is 1. The van der Waals surface area contributed by atoms with E-state index < -0.39 is 0 Å². The molecule has 1 aliphatic heterocycles. The summed E-state index contributed by atoms with van der Waals surface area (Å²) in [5.41, 5.74) is 2.96. The molecule has 1 amide bonds. The van der Waals surface area contributed by atoms with E-state index in [9.17, 15) is 4.79 Å². The average Bonchev–Trinajstić information content (AvgIpc) is 3.13. The quantitative estimate of drug-likeness (QED) is 0.722. The third kappa shape index (κ3) is 4.11. The molecule has 0 saturated heterocycles. The monoisotopic (exact) mass is 391 g/mol. The Bertz CT molecular complexity index is 1020. The number of nitrogens with one attached hydrogen (secondary N) is 1. The van der Waals surface area contributed by atoms with Crippen LogP contribution in [0.15, 0.2) is 54.7 Å². The smallest absolute Gasteiger partial charge is 0.260 e. The molecule has 6 nitrogen and oxygen atoms in total. The number of aromatic nitrogens is 2. The Labute approximate surface area is 170 Å². The van der Waals surface area contributed by atoms with Gasteiger partial charge in [-0.3, -0.25) is 4.79 Å². The molecule has 0 aliphatic carbocycles. The van der Waals surface area contributed by atoms with Gasteiger partial charge in [0.1, 0.15) is 19.0 Å². The third-order valence-corrected chi connectivity index (χ3v) is 4.92. The Morgan fingerprint density at radius 2 is 1.83 bits per heavy atom. The topological polar surface area (TPSA) is 65.4 Å². The number of nitrogens with zero attached hydrogens (tertiary/aromatic N) is 2. The molecule has 0 spiro atoms. The van der Waals surface area contributed by atoms with E-state index in [1.54, 1.807) is 35.1 Å². The molecule has 0 bridgehead atoms. The van der Waals surface area contributed by atoms with Gasteiger partial charge in [-0.05, 0) is 28.7 Å². The predicted octanol–water partition coefficient (Wildman–Crippen LogP) is 4.25. The van der Waals surface area contributed by atoms with Crippen molar-refractivity contribution < 1.29 is 14.3 Å². The lowest BCUT2D eigenvalue weighted by molar-refractivity contribution is 0.101. The van der Waals surface area contributed by atoms with Gasteiger partial charge in [0, 0.05) is 6.07 Å². The maximum atomic E-state index is 12.9. The summed E-state index contributed by atoms with van der Waals surface area (Å²) in [6.45, 7) is 8.07. The van der Waals surface area contributed by atoms with Gasteiger partial charge in [0.25, 0.3) is 5.91 Å². The molecule has 0 saturated carbocycles. The number of benzene rings is 2. The molecule has 29 heavy (non-hydrogen) atoms. The first-order valence-corrected chi connectivity index (χ1v) is 9.73. The van der Waals surface area contributed by atoms with Gasteiger partial charge in [0.2, 0.25) is 0 Å². The molecule has 0 atom stereocenters. The van der Waals surface area contributed by atoms with Crippen molar-refractivity contribution >= 4 is 11.7 Å². The van der Waals surface area contributed by atoms with Crippen LogP contribution in [0.2, 0.25) is 0 Å². The largest absolute Gasteiger partial charge is 0.486 e. The predicted molar refractivity (Wildman–Crippen MR) is 112 cm³/mol. The summed E-state index contributed by atoms with van der Waals surface area (Å²) in [5.74, 6) is 1.46. The molecule has 4 rings (SSSR count). The van der Waals surface area contributed by atoms with E-state index in [0.717, 1.165) is 5.56 Å². The summed E-state index contributed by atoms with van der Waals surface area (Å²) >= 11 is 0. The van der Waals surface area contributed by atoms with Gasteiger partial charge in [-0.1, -0.05) is 51.1 Å². The fraction of sp³-hybridized carbons (Fsp3) is 0.304.